The summed E-state index contributed by atoms with van der Waals surface area (Å²) in [6, 6.07) is 8.04. The molecular weight excluding hydrogens is 247 g/mol. The molecule has 0 aliphatic rings. The number of hydrogen-bond donors (Lipinski definition) is 0. The Kier molecular flexibility index (Phi) is 4.65. The highest BCUT2D eigenvalue weighted by Gasteiger charge is 2.28. The monoisotopic (exact) mass is 262 g/mol. The van der Waals surface area contributed by atoms with Crippen LogP contribution >= 0.6 is 23.2 Å². The first-order chi connectivity index (χ1) is 6.95. The number of ether oxygens (including phenoxy) is 1. The molecular formula is C11H16Cl2OSi. The lowest BCUT2D eigenvalue weighted by molar-refractivity contribution is 0.141. The molecule has 1 atom stereocenters. The second-order valence-corrected chi connectivity index (χ2v) is 10.5. The highest BCUT2D eigenvalue weighted by molar-refractivity contribution is 6.77. The van der Waals surface area contributed by atoms with Gasteiger partial charge >= 0.3 is 0 Å². The zero-order valence-corrected chi connectivity index (χ0v) is 11.8. The van der Waals surface area contributed by atoms with Crippen molar-refractivity contribution in [2.75, 3.05) is 6.07 Å². The molecule has 0 bridgehead atoms. The second-order valence-electron chi connectivity index (χ2n) is 4.57. The average Bonchev–Trinajstić information content (AvgIpc) is 2.14. The fraction of sp³-hybridized carbons (Fsp3) is 0.455. The summed E-state index contributed by atoms with van der Waals surface area (Å²) in [7, 11) is -1.42. The third-order valence-electron chi connectivity index (χ3n) is 2.19. The SMILES string of the molecule is C[Si](C)(C)C(OCCl)c1ccc(Cl)cc1. The molecule has 0 aliphatic heterocycles. The summed E-state index contributed by atoms with van der Waals surface area (Å²) in [5, 5.41) is 0.749. The maximum Gasteiger partial charge on any atom is 0.121 e. The van der Waals surface area contributed by atoms with Crippen LogP contribution in [0.2, 0.25) is 24.7 Å². The summed E-state index contributed by atoms with van der Waals surface area (Å²) in [5.74, 6) is 0. The maximum absolute atomic E-state index is 5.85. The van der Waals surface area contributed by atoms with Gasteiger partial charge in [0.2, 0.25) is 0 Å². The van der Waals surface area contributed by atoms with E-state index < -0.39 is 8.07 Å². The molecule has 0 amide bonds. The van der Waals surface area contributed by atoms with E-state index in [4.69, 9.17) is 27.9 Å². The molecule has 1 aromatic rings. The Bertz CT molecular complexity index is 305. The summed E-state index contributed by atoms with van der Waals surface area (Å²) in [5.41, 5.74) is 1.30. The van der Waals surface area contributed by atoms with Gasteiger partial charge in [0, 0.05) is 5.02 Å². The van der Waals surface area contributed by atoms with Crippen molar-refractivity contribution in [3.05, 3.63) is 34.9 Å². The average molecular weight is 263 g/mol. The second kappa shape index (κ2) is 5.35. The molecule has 0 aromatic heterocycles. The van der Waals surface area contributed by atoms with Crippen molar-refractivity contribution >= 4 is 31.3 Å². The van der Waals surface area contributed by atoms with Crippen molar-refractivity contribution in [2.45, 2.75) is 25.4 Å². The van der Waals surface area contributed by atoms with Gasteiger partial charge in [-0.3, -0.25) is 0 Å². The van der Waals surface area contributed by atoms with Gasteiger partial charge < -0.3 is 4.74 Å². The van der Waals surface area contributed by atoms with Crippen LogP contribution < -0.4 is 0 Å². The molecule has 0 aliphatic carbocycles. The van der Waals surface area contributed by atoms with Gasteiger partial charge in [0.1, 0.15) is 6.07 Å². The van der Waals surface area contributed by atoms with E-state index in [9.17, 15) is 0 Å². The minimum absolute atomic E-state index is 0.132. The zero-order chi connectivity index (χ0) is 11.5. The number of hydrogen-bond acceptors (Lipinski definition) is 1. The van der Waals surface area contributed by atoms with E-state index in [1.807, 2.05) is 24.3 Å². The maximum atomic E-state index is 5.85. The van der Waals surface area contributed by atoms with Crippen molar-refractivity contribution in [1.29, 1.82) is 0 Å². The third kappa shape index (κ3) is 3.80. The molecule has 0 fully saturated rings. The van der Waals surface area contributed by atoms with Gasteiger partial charge in [-0.15, -0.1) is 0 Å². The highest BCUT2D eigenvalue weighted by atomic mass is 35.5. The van der Waals surface area contributed by atoms with Gasteiger partial charge in [-0.2, -0.15) is 0 Å². The van der Waals surface area contributed by atoms with Crippen LogP contribution in [0.25, 0.3) is 0 Å². The van der Waals surface area contributed by atoms with E-state index >= 15 is 0 Å². The van der Waals surface area contributed by atoms with Crippen molar-refractivity contribution in [2.24, 2.45) is 0 Å². The van der Waals surface area contributed by atoms with Crippen molar-refractivity contribution in [3.8, 4) is 0 Å². The standard InChI is InChI=1S/C11H16Cl2OSi/c1-15(2,3)11(14-8-12)9-4-6-10(13)7-5-9/h4-7,11H,8H2,1-3H3. The van der Waals surface area contributed by atoms with Crippen LogP contribution in [0.1, 0.15) is 11.3 Å². The molecule has 0 N–H and O–H groups in total. The minimum Gasteiger partial charge on any atom is -0.361 e. The van der Waals surface area contributed by atoms with Crippen LogP contribution in [0.15, 0.2) is 24.3 Å². The van der Waals surface area contributed by atoms with E-state index in [1.165, 1.54) is 5.56 Å². The topological polar surface area (TPSA) is 9.23 Å². The molecule has 1 aromatic carbocycles. The number of benzene rings is 1. The van der Waals surface area contributed by atoms with Crippen LogP contribution in [0, 0.1) is 0 Å². The molecule has 0 saturated heterocycles. The van der Waals surface area contributed by atoms with Crippen LogP contribution in [0.4, 0.5) is 0 Å². The van der Waals surface area contributed by atoms with E-state index in [1.54, 1.807) is 0 Å². The van der Waals surface area contributed by atoms with E-state index in [-0.39, 0.29) is 11.8 Å². The fourth-order valence-electron chi connectivity index (χ4n) is 1.55. The smallest absolute Gasteiger partial charge is 0.121 e. The quantitative estimate of drug-likeness (QED) is 0.575. The molecule has 0 saturated carbocycles. The van der Waals surface area contributed by atoms with Crippen molar-refractivity contribution < 1.29 is 4.74 Å². The van der Waals surface area contributed by atoms with Gasteiger partial charge in [-0.05, 0) is 17.7 Å². The molecule has 1 nitrogen and oxygen atoms in total. The molecule has 1 unspecified atom stereocenters. The molecule has 0 radical (unpaired) electrons. The Balaban J connectivity index is 2.94. The summed E-state index contributed by atoms with van der Waals surface area (Å²) >= 11 is 11.5. The zero-order valence-electron chi connectivity index (χ0n) is 9.26. The van der Waals surface area contributed by atoms with Crippen molar-refractivity contribution in [1.82, 2.24) is 0 Å². The summed E-state index contributed by atoms with van der Waals surface area (Å²) < 4.78 is 5.62. The summed E-state index contributed by atoms with van der Waals surface area (Å²) in [4.78, 5) is 0. The Morgan fingerprint density at radius 1 is 1.20 bits per heavy atom. The molecule has 84 valence electrons. The number of alkyl halides is 1. The first-order valence-corrected chi connectivity index (χ1v) is 9.37. The predicted octanol–water partition coefficient (Wildman–Crippen LogP) is 4.47. The Hall–Kier alpha value is -0.0231. The lowest BCUT2D eigenvalue weighted by Gasteiger charge is -2.28. The van der Waals surface area contributed by atoms with Crippen LogP contribution in [0.3, 0.4) is 0 Å². The van der Waals surface area contributed by atoms with Crippen molar-refractivity contribution in [3.63, 3.8) is 0 Å². The molecule has 1 rings (SSSR count). The molecule has 0 heterocycles. The first kappa shape index (κ1) is 13.0. The summed E-state index contributed by atoms with van der Waals surface area (Å²) in [6.45, 7) is 6.79. The fourth-order valence-corrected chi connectivity index (χ4v) is 3.68. The van der Waals surface area contributed by atoms with Gasteiger partial charge in [0.25, 0.3) is 0 Å². The van der Waals surface area contributed by atoms with Gasteiger partial charge in [0.15, 0.2) is 0 Å². The predicted molar refractivity (Wildman–Crippen MR) is 69.3 cm³/mol. The van der Waals surface area contributed by atoms with Gasteiger partial charge in [-0.1, -0.05) is 55.0 Å². The summed E-state index contributed by atoms with van der Waals surface area (Å²) in [6.07, 6.45) is 0. The van der Waals surface area contributed by atoms with Crippen LogP contribution in [-0.2, 0) is 4.74 Å². The Morgan fingerprint density at radius 2 is 1.73 bits per heavy atom. The minimum atomic E-state index is -1.42. The molecule has 15 heavy (non-hydrogen) atoms. The third-order valence-corrected chi connectivity index (χ3v) is 4.64. The molecule has 4 heteroatoms. The van der Waals surface area contributed by atoms with Gasteiger partial charge in [-0.25, -0.2) is 0 Å². The van der Waals surface area contributed by atoms with E-state index in [2.05, 4.69) is 19.6 Å². The first-order valence-electron chi connectivity index (χ1n) is 4.88. The largest absolute Gasteiger partial charge is 0.361 e. The van der Waals surface area contributed by atoms with Crippen LogP contribution in [0.5, 0.6) is 0 Å². The number of halogens is 2. The van der Waals surface area contributed by atoms with Crippen LogP contribution in [-0.4, -0.2) is 14.1 Å². The molecule has 0 spiro atoms. The normalized spacial score (nSPS) is 13.9. The Morgan fingerprint density at radius 3 is 2.13 bits per heavy atom. The lowest BCUT2D eigenvalue weighted by Crippen LogP contribution is -2.32. The van der Waals surface area contributed by atoms with E-state index in [0.29, 0.717) is 0 Å². The lowest BCUT2D eigenvalue weighted by atomic mass is 10.2. The van der Waals surface area contributed by atoms with Gasteiger partial charge in [0.05, 0.1) is 13.8 Å². The highest BCUT2D eigenvalue weighted by Crippen LogP contribution is 2.29. The number of rotatable bonds is 4. The van der Waals surface area contributed by atoms with E-state index in [0.717, 1.165) is 5.02 Å². The Labute approximate surface area is 102 Å².